The number of nitrogen functional groups attached to an aromatic ring is 1. The van der Waals surface area contributed by atoms with E-state index in [1.807, 2.05) is 6.92 Å². The molecule has 2 unspecified atom stereocenters. The van der Waals surface area contributed by atoms with Crippen LogP contribution in [0.3, 0.4) is 0 Å². The Labute approximate surface area is 112 Å². The number of hydrogen-bond acceptors (Lipinski definition) is 3. The summed E-state index contributed by atoms with van der Waals surface area (Å²) in [6.07, 6.45) is 2.20. The molecule has 2 rings (SSSR count). The lowest BCUT2D eigenvalue weighted by molar-refractivity contribution is -0.121. The lowest BCUT2D eigenvalue weighted by Crippen LogP contribution is -2.43. The van der Waals surface area contributed by atoms with E-state index < -0.39 is 5.82 Å². The van der Waals surface area contributed by atoms with Crippen LogP contribution in [0.15, 0.2) is 18.2 Å². The Hall–Kier alpha value is -1.62. The fraction of sp³-hybridized carbons (Fsp3) is 0.500. The zero-order valence-electron chi connectivity index (χ0n) is 11.3. The van der Waals surface area contributed by atoms with E-state index in [1.54, 1.807) is 0 Å². The topological polar surface area (TPSA) is 58.4 Å². The molecule has 104 valence electrons. The van der Waals surface area contributed by atoms with E-state index in [0.717, 1.165) is 19.4 Å². The summed E-state index contributed by atoms with van der Waals surface area (Å²) in [4.78, 5) is 14.3. The van der Waals surface area contributed by atoms with Crippen LogP contribution in [0.1, 0.15) is 26.7 Å². The van der Waals surface area contributed by atoms with Crippen molar-refractivity contribution in [1.82, 2.24) is 4.90 Å². The summed E-state index contributed by atoms with van der Waals surface area (Å²) < 4.78 is 13.6. The van der Waals surface area contributed by atoms with Gasteiger partial charge in [-0.2, -0.15) is 0 Å². The number of likely N-dealkylation sites (tertiary alicyclic amines) is 1. The molecule has 0 spiro atoms. The maximum Gasteiger partial charge on any atom is 0.241 e. The quantitative estimate of drug-likeness (QED) is 0.824. The molecule has 2 atom stereocenters. The van der Waals surface area contributed by atoms with Crippen LogP contribution in [-0.4, -0.2) is 29.4 Å². The fourth-order valence-electron chi connectivity index (χ4n) is 2.56. The number of carbonyl (C=O) groups is 1. The van der Waals surface area contributed by atoms with E-state index in [4.69, 9.17) is 5.73 Å². The summed E-state index contributed by atoms with van der Waals surface area (Å²) in [5, 5.41) is 2.61. The molecule has 0 radical (unpaired) electrons. The van der Waals surface area contributed by atoms with Crippen molar-refractivity contribution in [3.63, 3.8) is 0 Å². The minimum Gasteiger partial charge on any atom is -0.399 e. The normalized spacial score (nSPS) is 21.3. The number of rotatable bonds is 3. The lowest BCUT2D eigenvalue weighted by Gasteiger charge is -2.27. The molecule has 4 nitrogen and oxygen atoms in total. The van der Waals surface area contributed by atoms with Gasteiger partial charge in [-0.25, -0.2) is 4.39 Å². The minimum atomic E-state index is -0.468. The van der Waals surface area contributed by atoms with Crippen LogP contribution in [0.2, 0.25) is 0 Å². The van der Waals surface area contributed by atoms with Crippen molar-refractivity contribution in [2.24, 2.45) is 0 Å². The second kappa shape index (κ2) is 5.57. The SMILES string of the molecule is CC1CCCN1C(C)C(=O)Nc1cc(N)ccc1F. The third-order valence-electron chi connectivity index (χ3n) is 3.73. The average molecular weight is 265 g/mol. The molecular formula is C14H20FN3O. The summed E-state index contributed by atoms with van der Waals surface area (Å²) in [6, 6.07) is 4.29. The zero-order chi connectivity index (χ0) is 14.0. The predicted octanol–water partition coefficient (Wildman–Crippen LogP) is 2.22. The monoisotopic (exact) mass is 265 g/mol. The molecule has 1 aromatic carbocycles. The van der Waals surface area contributed by atoms with Gasteiger partial charge in [-0.05, 0) is 51.4 Å². The van der Waals surface area contributed by atoms with Crippen molar-refractivity contribution in [3.8, 4) is 0 Å². The molecule has 1 amide bonds. The van der Waals surface area contributed by atoms with Crippen LogP contribution < -0.4 is 11.1 Å². The summed E-state index contributed by atoms with van der Waals surface area (Å²) >= 11 is 0. The number of carbonyl (C=O) groups excluding carboxylic acids is 1. The maximum atomic E-state index is 13.6. The van der Waals surface area contributed by atoms with E-state index in [-0.39, 0.29) is 17.6 Å². The number of amides is 1. The molecule has 5 heteroatoms. The highest BCUT2D eigenvalue weighted by molar-refractivity contribution is 5.95. The third-order valence-corrected chi connectivity index (χ3v) is 3.73. The molecule has 0 saturated carbocycles. The highest BCUT2D eigenvalue weighted by Crippen LogP contribution is 2.22. The maximum absolute atomic E-state index is 13.6. The van der Waals surface area contributed by atoms with Gasteiger partial charge >= 0.3 is 0 Å². The van der Waals surface area contributed by atoms with Crippen LogP contribution in [0.4, 0.5) is 15.8 Å². The molecular weight excluding hydrogens is 245 g/mol. The van der Waals surface area contributed by atoms with Crippen molar-refractivity contribution in [1.29, 1.82) is 0 Å². The largest absolute Gasteiger partial charge is 0.399 e. The molecule has 0 aliphatic carbocycles. The van der Waals surface area contributed by atoms with Crippen LogP contribution in [-0.2, 0) is 4.79 Å². The van der Waals surface area contributed by atoms with E-state index in [9.17, 15) is 9.18 Å². The van der Waals surface area contributed by atoms with Gasteiger partial charge in [0, 0.05) is 11.7 Å². The summed E-state index contributed by atoms with van der Waals surface area (Å²) in [5.74, 6) is -0.664. The van der Waals surface area contributed by atoms with E-state index in [2.05, 4.69) is 17.1 Å². The first-order chi connectivity index (χ1) is 8.99. The molecule has 1 fully saturated rings. The third kappa shape index (κ3) is 3.04. The average Bonchev–Trinajstić information content (AvgIpc) is 2.79. The number of anilines is 2. The number of nitrogens with two attached hydrogens (primary N) is 1. The minimum absolute atomic E-state index is 0.142. The molecule has 1 aliphatic heterocycles. The smallest absolute Gasteiger partial charge is 0.241 e. The van der Waals surface area contributed by atoms with Crippen molar-refractivity contribution in [3.05, 3.63) is 24.0 Å². The van der Waals surface area contributed by atoms with Crippen molar-refractivity contribution in [2.75, 3.05) is 17.6 Å². The molecule has 0 aromatic heterocycles. The van der Waals surface area contributed by atoms with Gasteiger partial charge in [0.2, 0.25) is 5.91 Å². The Morgan fingerprint density at radius 3 is 2.95 bits per heavy atom. The molecule has 1 aromatic rings. The summed E-state index contributed by atoms with van der Waals surface area (Å²) in [6.45, 7) is 4.87. The Kier molecular flexibility index (Phi) is 4.04. The van der Waals surface area contributed by atoms with Gasteiger partial charge in [-0.15, -0.1) is 0 Å². The van der Waals surface area contributed by atoms with Crippen LogP contribution in [0.5, 0.6) is 0 Å². The Bertz CT molecular complexity index is 478. The highest BCUT2D eigenvalue weighted by atomic mass is 19.1. The first kappa shape index (κ1) is 13.8. The Balaban J connectivity index is 2.06. The van der Waals surface area contributed by atoms with Crippen LogP contribution in [0.25, 0.3) is 0 Å². The van der Waals surface area contributed by atoms with E-state index in [0.29, 0.717) is 11.7 Å². The standard InChI is InChI=1S/C14H20FN3O/c1-9-4-3-7-18(9)10(2)14(19)17-13-8-11(16)5-6-12(13)15/h5-6,8-10H,3-4,7,16H2,1-2H3,(H,17,19). The zero-order valence-corrected chi connectivity index (χ0v) is 11.3. The lowest BCUT2D eigenvalue weighted by atomic mass is 10.2. The van der Waals surface area contributed by atoms with Gasteiger partial charge in [0.05, 0.1) is 11.7 Å². The summed E-state index contributed by atoms with van der Waals surface area (Å²) in [7, 11) is 0. The van der Waals surface area contributed by atoms with E-state index in [1.165, 1.54) is 18.2 Å². The second-order valence-corrected chi connectivity index (χ2v) is 5.13. The van der Waals surface area contributed by atoms with E-state index >= 15 is 0 Å². The van der Waals surface area contributed by atoms with Crippen LogP contribution in [0, 0.1) is 5.82 Å². The first-order valence-corrected chi connectivity index (χ1v) is 6.60. The van der Waals surface area contributed by atoms with Gasteiger partial charge in [0.25, 0.3) is 0 Å². The number of halogens is 1. The molecule has 1 saturated heterocycles. The van der Waals surface area contributed by atoms with Crippen LogP contribution >= 0.6 is 0 Å². The molecule has 3 N–H and O–H groups in total. The molecule has 1 heterocycles. The molecule has 19 heavy (non-hydrogen) atoms. The Morgan fingerprint density at radius 1 is 1.58 bits per heavy atom. The Morgan fingerprint density at radius 2 is 2.32 bits per heavy atom. The molecule has 0 bridgehead atoms. The fourth-order valence-corrected chi connectivity index (χ4v) is 2.56. The number of nitrogens with one attached hydrogen (secondary N) is 1. The summed E-state index contributed by atoms with van der Waals surface area (Å²) in [5.41, 5.74) is 6.17. The second-order valence-electron chi connectivity index (χ2n) is 5.13. The van der Waals surface area contributed by atoms with Crippen molar-refractivity contribution in [2.45, 2.75) is 38.8 Å². The van der Waals surface area contributed by atoms with Gasteiger partial charge < -0.3 is 11.1 Å². The predicted molar refractivity (Wildman–Crippen MR) is 74.3 cm³/mol. The van der Waals surface area contributed by atoms with Crippen molar-refractivity contribution >= 4 is 17.3 Å². The van der Waals surface area contributed by atoms with Gasteiger partial charge in [0.15, 0.2) is 0 Å². The number of benzene rings is 1. The number of nitrogens with zero attached hydrogens (tertiary/aromatic N) is 1. The first-order valence-electron chi connectivity index (χ1n) is 6.60. The van der Waals surface area contributed by atoms with Crippen molar-refractivity contribution < 1.29 is 9.18 Å². The number of hydrogen-bond donors (Lipinski definition) is 2. The van der Waals surface area contributed by atoms with Gasteiger partial charge in [-0.3, -0.25) is 9.69 Å². The van der Waals surface area contributed by atoms with Gasteiger partial charge in [-0.1, -0.05) is 0 Å². The van der Waals surface area contributed by atoms with Gasteiger partial charge in [0.1, 0.15) is 5.82 Å². The highest BCUT2D eigenvalue weighted by Gasteiger charge is 2.29. The molecule has 1 aliphatic rings.